The second-order valence-electron chi connectivity index (χ2n) is 2.30. The minimum atomic E-state index is 0.711. The van der Waals surface area contributed by atoms with Crippen LogP contribution in [0.25, 0.3) is 0 Å². The molecule has 0 radical (unpaired) electrons. The molecule has 0 unspecified atom stereocenters. The summed E-state index contributed by atoms with van der Waals surface area (Å²) in [5, 5.41) is 6.29. The van der Waals surface area contributed by atoms with Crippen molar-refractivity contribution in [3.8, 4) is 0 Å². The zero-order valence-electron chi connectivity index (χ0n) is 5.59. The molecular formula is C7H9N3. The van der Waals surface area contributed by atoms with Crippen molar-refractivity contribution in [2.75, 3.05) is 13.2 Å². The first-order chi connectivity index (χ1) is 4.97. The fourth-order valence-electron chi connectivity index (χ4n) is 1.09. The summed E-state index contributed by atoms with van der Waals surface area (Å²) in [6, 6.07) is 0. The van der Waals surface area contributed by atoms with Crippen molar-refractivity contribution in [3.05, 3.63) is 23.5 Å². The quantitative estimate of drug-likeness (QED) is 0.490. The van der Waals surface area contributed by atoms with E-state index in [-0.39, 0.29) is 0 Å². The summed E-state index contributed by atoms with van der Waals surface area (Å²) < 4.78 is 0. The third-order valence-corrected chi connectivity index (χ3v) is 1.61. The zero-order valence-corrected chi connectivity index (χ0v) is 5.59. The number of nitrogens with one attached hydrogen (secondary N) is 2. The molecule has 0 bridgehead atoms. The van der Waals surface area contributed by atoms with E-state index in [9.17, 15) is 0 Å². The van der Waals surface area contributed by atoms with Crippen molar-refractivity contribution < 1.29 is 0 Å². The maximum Gasteiger partial charge on any atom is 0.107 e. The van der Waals surface area contributed by atoms with Crippen LogP contribution in [-0.4, -0.2) is 19.4 Å². The van der Waals surface area contributed by atoms with E-state index in [1.165, 1.54) is 11.3 Å². The van der Waals surface area contributed by atoms with E-state index in [1.54, 1.807) is 0 Å². The number of aliphatic imine (C=N–C) groups is 1. The highest BCUT2D eigenvalue weighted by Crippen LogP contribution is 2.06. The van der Waals surface area contributed by atoms with Gasteiger partial charge < -0.3 is 10.6 Å². The fraction of sp³-hybridized carbons (Fsp3) is 0.286. The lowest BCUT2D eigenvalue weighted by Crippen LogP contribution is -2.26. The summed E-state index contributed by atoms with van der Waals surface area (Å²) in [6.45, 7) is 1.60. The molecule has 0 atom stereocenters. The normalized spacial score (nSPS) is 21.6. The van der Waals surface area contributed by atoms with E-state index in [1.807, 2.05) is 18.5 Å². The van der Waals surface area contributed by atoms with Gasteiger partial charge in [0.15, 0.2) is 0 Å². The van der Waals surface area contributed by atoms with E-state index >= 15 is 0 Å². The van der Waals surface area contributed by atoms with E-state index in [2.05, 4.69) is 15.6 Å². The Labute approximate surface area is 59.5 Å². The van der Waals surface area contributed by atoms with Crippen LogP contribution in [0.2, 0.25) is 0 Å². The van der Waals surface area contributed by atoms with Gasteiger partial charge in [-0.3, -0.25) is 4.99 Å². The number of rotatable bonds is 0. The van der Waals surface area contributed by atoms with Gasteiger partial charge in [-0.05, 0) is 12.3 Å². The van der Waals surface area contributed by atoms with Gasteiger partial charge in [-0.25, -0.2) is 0 Å². The molecule has 0 aromatic rings. The first-order valence-corrected chi connectivity index (χ1v) is 3.33. The topological polar surface area (TPSA) is 36.4 Å². The molecule has 0 saturated heterocycles. The summed E-state index contributed by atoms with van der Waals surface area (Å²) >= 11 is 0. The van der Waals surface area contributed by atoms with Gasteiger partial charge in [-0.15, -0.1) is 0 Å². The molecular weight excluding hydrogens is 126 g/mol. The number of nitrogens with zero attached hydrogens (tertiary/aromatic N) is 1. The van der Waals surface area contributed by atoms with Crippen molar-refractivity contribution in [2.24, 2.45) is 4.99 Å². The largest absolute Gasteiger partial charge is 0.387 e. The summed E-state index contributed by atoms with van der Waals surface area (Å²) in [5.74, 6) is 0. The molecule has 3 nitrogen and oxygen atoms in total. The molecule has 0 spiro atoms. The zero-order chi connectivity index (χ0) is 6.81. The van der Waals surface area contributed by atoms with Crippen LogP contribution in [0.4, 0.5) is 0 Å². The molecule has 52 valence electrons. The molecule has 2 heterocycles. The Morgan fingerprint density at radius 3 is 3.40 bits per heavy atom. The minimum Gasteiger partial charge on any atom is -0.387 e. The van der Waals surface area contributed by atoms with Crippen molar-refractivity contribution in [1.82, 2.24) is 10.6 Å². The molecule has 0 aromatic heterocycles. The van der Waals surface area contributed by atoms with Gasteiger partial charge in [-0.2, -0.15) is 0 Å². The van der Waals surface area contributed by atoms with Gasteiger partial charge >= 0.3 is 0 Å². The lowest BCUT2D eigenvalue weighted by molar-refractivity contribution is 0.795. The molecule has 2 aliphatic heterocycles. The number of hydrogen-bond donors (Lipinski definition) is 2. The first kappa shape index (κ1) is 5.53. The average Bonchev–Trinajstić information content (AvgIpc) is 2.05. The Balaban J connectivity index is 2.32. The number of hydrogen-bond acceptors (Lipinski definition) is 3. The summed E-state index contributed by atoms with van der Waals surface area (Å²) in [7, 11) is 0. The first-order valence-electron chi connectivity index (χ1n) is 3.33. The van der Waals surface area contributed by atoms with Crippen molar-refractivity contribution in [3.63, 3.8) is 0 Å². The van der Waals surface area contributed by atoms with Crippen LogP contribution in [0.5, 0.6) is 0 Å². The fourth-order valence-corrected chi connectivity index (χ4v) is 1.09. The average molecular weight is 135 g/mol. The molecule has 3 heteroatoms. The standard InChI is InChI=1S/C7H9N3/c1-2-8-3-6-4-9-5-10-7(1)6/h1-2,4,8,10H,3,5H2. The van der Waals surface area contributed by atoms with Crippen LogP contribution < -0.4 is 10.6 Å². The summed E-state index contributed by atoms with van der Waals surface area (Å²) in [6.07, 6.45) is 5.90. The van der Waals surface area contributed by atoms with Crippen molar-refractivity contribution >= 4 is 6.21 Å². The Bertz CT molecular complexity index is 201. The second kappa shape index (κ2) is 2.17. The van der Waals surface area contributed by atoms with Crippen LogP contribution in [0.1, 0.15) is 0 Å². The molecule has 0 fully saturated rings. The Morgan fingerprint density at radius 1 is 1.50 bits per heavy atom. The molecule has 0 aliphatic carbocycles. The summed E-state index contributed by atoms with van der Waals surface area (Å²) in [5.41, 5.74) is 2.45. The summed E-state index contributed by atoms with van der Waals surface area (Å²) in [4.78, 5) is 4.09. The van der Waals surface area contributed by atoms with Gasteiger partial charge in [-0.1, -0.05) is 0 Å². The number of dihydropyridines is 1. The maximum absolute atomic E-state index is 4.09. The highest BCUT2D eigenvalue weighted by Gasteiger charge is 2.07. The van der Waals surface area contributed by atoms with Crippen LogP contribution in [0.15, 0.2) is 28.5 Å². The van der Waals surface area contributed by atoms with Crippen molar-refractivity contribution in [1.29, 1.82) is 0 Å². The molecule has 2 aliphatic rings. The Hall–Kier alpha value is -1.25. The third-order valence-electron chi connectivity index (χ3n) is 1.61. The molecule has 10 heavy (non-hydrogen) atoms. The number of allylic oxidation sites excluding steroid dienone is 1. The Morgan fingerprint density at radius 2 is 2.50 bits per heavy atom. The van der Waals surface area contributed by atoms with Gasteiger partial charge in [0.25, 0.3) is 0 Å². The highest BCUT2D eigenvalue weighted by molar-refractivity contribution is 5.82. The van der Waals surface area contributed by atoms with Crippen molar-refractivity contribution in [2.45, 2.75) is 0 Å². The minimum absolute atomic E-state index is 0.711. The van der Waals surface area contributed by atoms with E-state index in [0.29, 0.717) is 6.67 Å². The SMILES string of the molecule is C1=CC2=C(C=NCN2)CN1. The second-order valence-corrected chi connectivity index (χ2v) is 2.30. The van der Waals surface area contributed by atoms with Crippen LogP contribution in [0, 0.1) is 0 Å². The molecule has 0 aromatic carbocycles. The van der Waals surface area contributed by atoms with Gasteiger partial charge in [0.1, 0.15) is 6.67 Å². The lowest BCUT2D eigenvalue weighted by Gasteiger charge is -2.17. The third kappa shape index (κ3) is 0.795. The highest BCUT2D eigenvalue weighted by atomic mass is 15.0. The monoisotopic (exact) mass is 135 g/mol. The van der Waals surface area contributed by atoms with Gasteiger partial charge in [0.2, 0.25) is 0 Å². The van der Waals surface area contributed by atoms with Crippen LogP contribution in [0.3, 0.4) is 0 Å². The van der Waals surface area contributed by atoms with Gasteiger partial charge in [0.05, 0.1) is 0 Å². The predicted octanol–water partition coefficient (Wildman–Crippen LogP) is -0.0111. The Kier molecular flexibility index (Phi) is 1.20. The maximum atomic E-state index is 4.09. The van der Waals surface area contributed by atoms with Crippen LogP contribution in [-0.2, 0) is 0 Å². The van der Waals surface area contributed by atoms with E-state index in [4.69, 9.17) is 0 Å². The molecule has 2 N–H and O–H groups in total. The molecule has 0 saturated carbocycles. The lowest BCUT2D eigenvalue weighted by atomic mass is 10.1. The smallest absolute Gasteiger partial charge is 0.107 e. The van der Waals surface area contributed by atoms with E-state index in [0.717, 1.165) is 6.54 Å². The molecule has 2 rings (SSSR count). The van der Waals surface area contributed by atoms with Crippen LogP contribution >= 0.6 is 0 Å². The van der Waals surface area contributed by atoms with E-state index < -0.39 is 0 Å². The molecule has 0 amide bonds. The van der Waals surface area contributed by atoms with Gasteiger partial charge in [0, 0.05) is 24.0 Å². The predicted molar refractivity (Wildman–Crippen MR) is 40.7 cm³/mol.